The van der Waals surface area contributed by atoms with E-state index >= 15 is 0 Å². The molecule has 6 aromatic heterocycles. The predicted octanol–water partition coefficient (Wildman–Crippen LogP) is 6.21. The number of nitrogens with zero attached hydrogens (tertiary/aromatic N) is 12. The summed E-state index contributed by atoms with van der Waals surface area (Å²) in [4.78, 5) is 25.7. The second kappa shape index (κ2) is 25.8. The zero-order valence-electron chi connectivity index (χ0n) is 45.1. The third kappa shape index (κ3) is 13.4. The monoisotopic (exact) mass is 1100 g/mol. The Balaban J connectivity index is 0.000000226. The van der Waals surface area contributed by atoms with Crippen molar-refractivity contribution in [3.05, 3.63) is 155 Å². The predicted molar refractivity (Wildman–Crippen MR) is 290 cm³/mol. The highest BCUT2D eigenvalue weighted by molar-refractivity contribution is 7.91. The fourth-order valence-corrected chi connectivity index (χ4v) is 11.3. The van der Waals surface area contributed by atoms with Crippen LogP contribution in [0.25, 0.3) is 34.2 Å². The van der Waals surface area contributed by atoms with Gasteiger partial charge in [-0.3, -0.25) is 19.1 Å². The van der Waals surface area contributed by atoms with Gasteiger partial charge >= 0.3 is 0 Å². The molecule has 0 amide bonds. The van der Waals surface area contributed by atoms with E-state index in [1.54, 1.807) is 98.9 Å². The van der Waals surface area contributed by atoms with Crippen LogP contribution in [-0.4, -0.2) is 138 Å². The molecule has 0 spiro atoms. The molecule has 2 aromatic carbocycles. The van der Waals surface area contributed by atoms with Crippen LogP contribution in [0.4, 0.5) is 0 Å². The Morgan fingerprint density at radius 2 is 0.885 bits per heavy atom. The molecule has 0 radical (unpaired) electrons. The summed E-state index contributed by atoms with van der Waals surface area (Å²) in [6.07, 6.45) is 11.2. The number of rotatable bonds is 22. The van der Waals surface area contributed by atoms with Gasteiger partial charge in [-0.05, 0) is 113 Å². The van der Waals surface area contributed by atoms with Crippen molar-refractivity contribution in [1.29, 1.82) is 0 Å². The number of aryl methyl sites for hydroxylation is 6. The molecule has 0 aliphatic heterocycles. The molecular weight excluding hydrogens is 1040 g/mol. The zero-order chi connectivity index (χ0) is 56.3. The second-order valence-electron chi connectivity index (χ2n) is 18.6. The van der Waals surface area contributed by atoms with Gasteiger partial charge in [0, 0.05) is 60.7 Å². The molecule has 78 heavy (non-hydrogen) atoms. The summed E-state index contributed by atoms with van der Waals surface area (Å²) in [5.41, 5.74) is 7.82. The Morgan fingerprint density at radius 3 is 1.22 bits per heavy atom. The van der Waals surface area contributed by atoms with Crippen molar-refractivity contribution >= 4 is 19.7 Å². The number of aliphatic hydroxyl groups is 2. The van der Waals surface area contributed by atoms with E-state index in [4.69, 9.17) is 18.9 Å². The van der Waals surface area contributed by atoms with Gasteiger partial charge in [0.25, 0.3) is 0 Å². The molecule has 0 aliphatic rings. The molecule has 22 nitrogen and oxygen atoms in total. The standard InChI is InChI=1S/2C27H32N6O5S/c2*1-17-11-21(15-28-12-17)27-32-31-23(33(27)24-19(3)7-6-8-22(24)37-5)16-39(35,36)20(4)25(38-10-9-34)26-29-13-18(2)14-30-26/h2*6-8,11-15,20,25,34H,9-10,16H2,1-5H3/t2*20-,25-/m10/s1. The molecule has 8 rings (SSSR count). The minimum absolute atomic E-state index is 0.0666. The maximum absolute atomic E-state index is 13.8. The van der Waals surface area contributed by atoms with E-state index in [0.717, 1.165) is 33.4 Å². The molecule has 24 heteroatoms. The molecule has 6 heterocycles. The van der Waals surface area contributed by atoms with Crippen LogP contribution in [0, 0.1) is 41.5 Å². The summed E-state index contributed by atoms with van der Waals surface area (Å²) in [5, 5.41) is 34.0. The number of aliphatic hydroxyl groups excluding tert-OH is 2. The van der Waals surface area contributed by atoms with Crippen molar-refractivity contribution in [3.63, 3.8) is 0 Å². The SMILES string of the molecule is COc1cccc(C)c1-n1c(CS(=O)(=O)[C@@H](C)[C@H](OCCO)c2ncc(C)cn2)nnc1-c1cncc(C)c1.COc1cccc(C)c1-n1c(CS(=O)(=O)[C@H](C)[C@@H](OCCO)c2ncc(C)cn2)nnc1-c1cncc(C)c1. The smallest absolute Gasteiger partial charge is 0.170 e. The Labute approximate surface area is 453 Å². The van der Waals surface area contributed by atoms with E-state index in [-0.39, 0.29) is 49.7 Å². The first kappa shape index (κ1) is 58.2. The van der Waals surface area contributed by atoms with Crippen LogP contribution in [0.15, 0.2) is 98.1 Å². The van der Waals surface area contributed by atoms with Crippen LogP contribution in [0.3, 0.4) is 0 Å². The summed E-state index contributed by atoms with van der Waals surface area (Å²) in [7, 11) is -4.70. The van der Waals surface area contributed by atoms with Crippen LogP contribution < -0.4 is 9.47 Å². The quantitative estimate of drug-likeness (QED) is 0.0762. The Bertz CT molecular complexity index is 3310. The van der Waals surface area contributed by atoms with Gasteiger partial charge in [-0.2, -0.15) is 0 Å². The van der Waals surface area contributed by atoms with Crippen molar-refractivity contribution in [2.75, 3.05) is 40.6 Å². The van der Waals surface area contributed by atoms with E-state index in [2.05, 4.69) is 50.3 Å². The lowest BCUT2D eigenvalue weighted by Crippen LogP contribution is -2.31. The van der Waals surface area contributed by atoms with E-state index in [9.17, 15) is 27.0 Å². The van der Waals surface area contributed by atoms with Gasteiger partial charge in [-0.1, -0.05) is 24.3 Å². The van der Waals surface area contributed by atoms with Crippen LogP contribution in [0.2, 0.25) is 0 Å². The normalized spacial score (nSPS) is 13.3. The van der Waals surface area contributed by atoms with Crippen LogP contribution in [-0.2, 0) is 40.7 Å². The summed E-state index contributed by atoms with van der Waals surface area (Å²) < 4.78 is 81.6. The van der Waals surface area contributed by atoms with Gasteiger partial charge in [0.15, 0.2) is 54.6 Å². The maximum Gasteiger partial charge on any atom is 0.170 e. The van der Waals surface area contributed by atoms with Gasteiger partial charge in [0.05, 0.1) is 62.5 Å². The van der Waals surface area contributed by atoms with E-state index in [0.29, 0.717) is 45.6 Å². The second-order valence-corrected chi connectivity index (χ2v) is 23.3. The molecule has 0 unspecified atom stereocenters. The molecule has 0 saturated heterocycles. The number of hydrogen-bond acceptors (Lipinski definition) is 20. The van der Waals surface area contributed by atoms with Crippen molar-refractivity contribution < 1.29 is 46.0 Å². The first-order valence-electron chi connectivity index (χ1n) is 24.8. The highest BCUT2D eigenvalue weighted by Gasteiger charge is 2.37. The lowest BCUT2D eigenvalue weighted by Gasteiger charge is -2.23. The molecule has 412 valence electrons. The summed E-state index contributed by atoms with van der Waals surface area (Å²) in [5.74, 6) is 1.93. The largest absolute Gasteiger partial charge is 0.495 e. The molecule has 2 N–H and O–H groups in total. The van der Waals surface area contributed by atoms with Gasteiger partial charge in [0.1, 0.15) is 35.2 Å². The Kier molecular flexibility index (Phi) is 19.2. The summed E-state index contributed by atoms with van der Waals surface area (Å²) in [6.45, 7) is 13.7. The summed E-state index contributed by atoms with van der Waals surface area (Å²) >= 11 is 0. The van der Waals surface area contributed by atoms with Crippen LogP contribution >= 0.6 is 0 Å². The van der Waals surface area contributed by atoms with Gasteiger partial charge in [-0.25, -0.2) is 36.8 Å². The van der Waals surface area contributed by atoms with E-state index in [1.807, 2.05) is 77.9 Å². The fourth-order valence-electron chi connectivity index (χ4n) is 8.48. The van der Waals surface area contributed by atoms with Crippen molar-refractivity contribution in [2.24, 2.45) is 0 Å². The van der Waals surface area contributed by atoms with Crippen molar-refractivity contribution in [1.82, 2.24) is 59.4 Å². The Hall–Kier alpha value is -7.48. The average Bonchev–Trinajstić information content (AvgIpc) is 4.08. The maximum atomic E-state index is 13.8. The van der Waals surface area contributed by atoms with Crippen LogP contribution in [0.1, 0.15) is 82.7 Å². The molecule has 0 fully saturated rings. The number of methoxy groups -OCH3 is 2. The van der Waals surface area contributed by atoms with Crippen molar-refractivity contribution in [2.45, 2.75) is 89.6 Å². The summed E-state index contributed by atoms with van der Waals surface area (Å²) in [6, 6.07) is 15.0. The molecule has 0 aliphatic carbocycles. The average molecular weight is 1110 g/mol. The molecule has 8 aromatic rings. The molecular formula is C54H64N12O10S2. The lowest BCUT2D eigenvalue weighted by molar-refractivity contribution is 0.0226. The lowest BCUT2D eigenvalue weighted by atomic mass is 10.1. The fraction of sp³-hybridized carbons (Fsp3) is 0.370. The number of hydrogen-bond donors (Lipinski definition) is 2. The van der Waals surface area contributed by atoms with E-state index in [1.165, 1.54) is 0 Å². The third-order valence-electron chi connectivity index (χ3n) is 12.5. The highest BCUT2D eigenvalue weighted by Crippen LogP contribution is 2.36. The number of para-hydroxylation sites is 2. The highest BCUT2D eigenvalue weighted by atomic mass is 32.2. The van der Waals surface area contributed by atoms with E-state index < -0.39 is 53.9 Å². The first-order chi connectivity index (χ1) is 37.3. The Morgan fingerprint density at radius 1 is 0.513 bits per heavy atom. The first-order valence-corrected chi connectivity index (χ1v) is 28.2. The van der Waals surface area contributed by atoms with Gasteiger partial charge in [0.2, 0.25) is 0 Å². The third-order valence-corrected chi connectivity index (χ3v) is 16.6. The van der Waals surface area contributed by atoms with Crippen LogP contribution in [0.5, 0.6) is 11.5 Å². The number of pyridine rings is 2. The molecule has 4 atom stereocenters. The number of benzene rings is 2. The zero-order valence-corrected chi connectivity index (χ0v) is 46.8. The van der Waals surface area contributed by atoms with Gasteiger partial charge in [-0.15, -0.1) is 20.4 Å². The minimum Gasteiger partial charge on any atom is -0.495 e. The molecule has 0 bridgehead atoms. The number of sulfone groups is 2. The van der Waals surface area contributed by atoms with Gasteiger partial charge < -0.3 is 29.2 Å². The minimum atomic E-state index is -3.91. The molecule has 0 saturated carbocycles. The van der Waals surface area contributed by atoms with Crippen molar-refractivity contribution in [3.8, 4) is 45.6 Å². The number of aromatic nitrogens is 12. The number of ether oxygens (including phenoxy) is 4. The topological polar surface area (TPSA) is 284 Å².